The molecule has 0 unspecified atom stereocenters. The topological polar surface area (TPSA) is 40.5 Å². The molecule has 0 spiro atoms. The van der Waals surface area contributed by atoms with Crippen molar-refractivity contribution in [2.45, 2.75) is 0 Å². The standard InChI is InChI=1S/C6H4BBr2FO2/c8-3-1-2-4(10)5(6(3)9)7(11)12/h1-2,11-12H. The van der Waals surface area contributed by atoms with Crippen molar-refractivity contribution in [3.05, 3.63) is 26.9 Å². The van der Waals surface area contributed by atoms with Crippen LogP contribution in [0.2, 0.25) is 0 Å². The van der Waals surface area contributed by atoms with Crippen LogP contribution < -0.4 is 5.46 Å². The maximum Gasteiger partial charge on any atom is 0.492 e. The summed E-state index contributed by atoms with van der Waals surface area (Å²) in [6.45, 7) is 0. The number of hydrogen-bond acceptors (Lipinski definition) is 2. The summed E-state index contributed by atoms with van der Waals surface area (Å²) in [5.41, 5.74) is -0.163. The lowest BCUT2D eigenvalue weighted by Crippen LogP contribution is -2.34. The minimum absolute atomic E-state index is 0.163. The van der Waals surface area contributed by atoms with Crippen molar-refractivity contribution >= 4 is 44.4 Å². The van der Waals surface area contributed by atoms with Crippen molar-refractivity contribution < 1.29 is 14.4 Å². The maximum absolute atomic E-state index is 12.9. The molecule has 0 heterocycles. The lowest BCUT2D eigenvalue weighted by molar-refractivity contribution is 0.422. The van der Waals surface area contributed by atoms with Gasteiger partial charge < -0.3 is 10.0 Å². The van der Waals surface area contributed by atoms with Crippen LogP contribution in [0.1, 0.15) is 0 Å². The largest absolute Gasteiger partial charge is 0.492 e. The highest BCUT2D eigenvalue weighted by atomic mass is 79.9. The van der Waals surface area contributed by atoms with Crippen molar-refractivity contribution in [2.24, 2.45) is 0 Å². The highest BCUT2D eigenvalue weighted by Gasteiger charge is 2.21. The van der Waals surface area contributed by atoms with Gasteiger partial charge in [0.25, 0.3) is 0 Å². The van der Waals surface area contributed by atoms with E-state index >= 15 is 0 Å². The number of benzene rings is 1. The van der Waals surface area contributed by atoms with Crippen LogP contribution in [0.4, 0.5) is 4.39 Å². The van der Waals surface area contributed by atoms with Crippen molar-refractivity contribution in [2.75, 3.05) is 0 Å². The summed E-state index contributed by atoms with van der Waals surface area (Å²) in [7, 11) is -1.81. The number of rotatable bonds is 1. The summed E-state index contributed by atoms with van der Waals surface area (Å²) in [6.07, 6.45) is 0. The van der Waals surface area contributed by atoms with E-state index in [1.165, 1.54) is 6.07 Å². The van der Waals surface area contributed by atoms with Crippen molar-refractivity contribution in [1.29, 1.82) is 0 Å². The predicted molar refractivity (Wildman–Crippen MR) is 51.6 cm³/mol. The summed E-state index contributed by atoms with van der Waals surface area (Å²) < 4.78 is 13.8. The molecule has 64 valence electrons. The molecule has 1 rings (SSSR count). The molecule has 0 amide bonds. The maximum atomic E-state index is 12.9. The van der Waals surface area contributed by atoms with E-state index in [0.29, 0.717) is 8.95 Å². The summed E-state index contributed by atoms with van der Waals surface area (Å²) in [5.74, 6) is -0.653. The molecule has 0 aromatic heterocycles. The zero-order valence-corrected chi connectivity index (χ0v) is 8.93. The van der Waals surface area contributed by atoms with Gasteiger partial charge in [-0.2, -0.15) is 0 Å². The first-order chi connectivity index (χ1) is 5.54. The Morgan fingerprint density at radius 2 is 1.83 bits per heavy atom. The minimum atomic E-state index is -1.81. The molecule has 0 aliphatic rings. The molecule has 0 atom stereocenters. The van der Waals surface area contributed by atoms with Gasteiger partial charge in [0.15, 0.2) is 0 Å². The van der Waals surface area contributed by atoms with E-state index in [1.807, 2.05) is 0 Å². The molecule has 2 N–H and O–H groups in total. The van der Waals surface area contributed by atoms with Crippen LogP contribution in [-0.4, -0.2) is 17.2 Å². The van der Waals surface area contributed by atoms with E-state index in [0.717, 1.165) is 6.07 Å². The Kier molecular flexibility index (Phi) is 3.28. The van der Waals surface area contributed by atoms with E-state index in [2.05, 4.69) is 31.9 Å². The summed E-state index contributed by atoms with van der Waals surface area (Å²) in [6, 6.07) is 2.63. The van der Waals surface area contributed by atoms with E-state index < -0.39 is 12.9 Å². The molecule has 0 aliphatic carbocycles. The molecule has 12 heavy (non-hydrogen) atoms. The molecular weight excluding hydrogens is 294 g/mol. The van der Waals surface area contributed by atoms with Crippen LogP contribution in [0.15, 0.2) is 21.1 Å². The molecule has 0 saturated carbocycles. The predicted octanol–water partition coefficient (Wildman–Crippen LogP) is 1.03. The van der Waals surface area contributed by atoms with Crippen molar-refractivity contribution in [3.63, 3.8) is 0 Å². The first kappa shape index (κ1) is 10.2. The van der Waals surface area contributed by atoms with Gasteiger partial charge in [0.1, 0.15) is 5.82 Å². The van der Waals surface area contributed by atoms with Gasteiger partial charge in [0.2, 0.25) is 0 Å². The third-order valence-electron chi connectivity index (χ3n) is 1.34. The fraction of sp³-hybridized carbons (Fsp3) is 0. The average molecular weight is 298 g/mol. The molecular formula is C6H4BBr2FO2. The normalized spacial score (nSPS) is 10.1. The Balaban J connectivity index is 3.33. The quantitative estimate of drug-likeness (QED) is 0.600. The molecule has 6 heteroatoms. The van der Waals surface area contributed by atoms with Crippen molar-refractivity contribution in [3.8, 4) is 0 Å². The van der Waals surface area contributed by atoms with Gasteiger partial charge in [0, 0.05) is 14.4 Å². The lowest BCUT2D eigenvalue weighted by atomic mass is 9.80. The highest BCUT2D eigenvalue weighted by molar-refractivity contribution is 9.13. The molecule has 0 radical (unpaired) electrons. The Hall–Kier alpha value is 0.0949. The van der Waals surface area contributed by atoms with Crippen LogP contribution in [-0.2, 0) is 0 Å². The van der Waals surface area contributed by atoms with Gasteiger partial charge in [-0.25, -0.2) is 4.39 Å². The van der Waals surface area contributed by atoms with Crippen LogP contribution in [0.5, 0.6) is 0 Å². The minimum Gasteiger partial charge on any atom is -0.423 e. The zero-order chi connectivity index (χ0) is 9.30. The summed E-state index contributed by atoms with van der Waals surface area (Å²) in [5, 5.41) is 17.5. The number of hydrogen-bond donors (Lipinski definition) is 2. The van der Waals surface area contributed by atoms with Crippen LogP contribution in [0, 0.1) is 5.82 Å². The smallest absolute Gasteiger partial charge is 0.423 e. The van der Waals surface area contributed by atoms with E-state index in [4.69, 9.17) is 10.0 Å². The van der Waals surface area contributed by atoms with Gasteiger partial charge >= 0.3 is 7.12 Å². The van der Waals surface area contributed by atoms with E-state index in [1.54, 1.807) is 0 Å². The molecule has 0 aliphatic heterocycles. The zero-order valence-electron chi connectivity index (χ0n) is 5.76. The Labute approximate surface area is 85.8 Å². The fourth-order valence-corrected chi connectivity index (χ4v) is 1.65. The van der Waals surface area contributed by atoms with Gasteiger partial charge in [-0.1, -0.05) is 0 Å². The lowest BCUT2D eigenvalue weighted by Gasteiger charge is -2.05. The average Bonchev–Trinajstić information content (AvgIpc) is 1.97. The first-order valence-corrected chi connectivity index (χ1v) is 4.62. The van der Waals surface area contributed by atoms with Gasteiger partial charge in [-0.15, -0.1) is 0 Å². The van der Waals surface area contributed by atoms with E-state index in [9.17, 15) is 4.39 Å². The Bertz CT molecular complexity index is 306. The van der Waals surface area contributed by atoms with E-state index in [-0.39, 0.29) is 5.46 Å². The van der Waals surface area contributed by atoms with Crippen LogP contribution >= 0.6 is 31.9 Å². The SMILES string of the molecule is OB(O)c1c(F)ccc(Br)c1Br. The van der Waals surface area contributed by atoms with Gasteiger partial charge in [0.05, 0.1) is 0 Å². The Morgan fingerprint density at radius 1 is 1.25 bits per heavy atom. The second-order valence-electron chi connectivity index (χ2n) is 2.13. The van der Waals surface area contributed by atoms with Crippen LogP contribution in [0.3, 0.4) is 0 Å². The van der Waals surface area contributed by atoms with Crippen molar-refractivity contribution in [1.82, 2.24) is 0 Å². The highest BCUT2D eigenvalue weighted by Crippen LogP contribution is 2.21. The molecule has 0 fully saturated rings. The third kappa shape index (κ3) is 1.88. The molecule has 2 nitrogen and oxygen atoms in total. The molecule has 0 saturated heterocycles. The third-order valence-corrected chi connectivity index (χ3v) is 3.38. The second-order valence-corrected chi connectivity index (χ2v) is 3.78. The molecule has 1 aromatic rings. The summed E-state index contributed by atoms with van der Waals surface area (Å²) in [4.78, 5) is 0. The summed E-state index contributed by atoms with van der Waals surface area (Å²) >= 11 is 6.14. The molecule has 0 bridgehead atoms. The monoisotopic (exact) mass is 296 g/mol. The second kappa shape index (κ2) is 3.87. The number of halogens is 3. The van der Waals surface area contributed by atoms with Gasteiger partial charge in [-0.05, 0) is 44.0 Å². The Morgan fingerprint density at radius 3 is 2.25 bits per heavy atom. The van der Waals surface area contributed by atoms with Gasteiger partial charge in [-0.3, -0.25) is 0 Å². The van der Waals surface area contributed by atoms with Crippen LogP contribution in [0.25, 0.3) is 0 Å². The first-order valence-electron chi connectivity index (χ1n) is 3.03. The fourth-order valence-electron chi connectivity index (χ4n) is 0.779. The molecule has 1 aromatic carbocycles.